The fourth-order valence-corrected chi connectivity index (χ4v) is 3.24. The Labute approximate surface area is 140 Å². The molecular formula is C18H22N2O4. The van der Waals surface area contributed by atoms with Gasteiger partial charge in [0.05, 0.1) is 19.1 Å². The summed E-state index contributed by atoms with van der Waals surface area (Å²) < 4.78 is 7.52. The van der Waals surface area contributed by atoms with Crippen LogP contribution in [0.3, 0.4) is 0 Å². The van der Waals surface area contributed by atoms with Crippen molar-refractivity contribution in [3.05, 3.63) is 36.0 Å². The van der Waals surface area contributed by atoms with E-state index in [0.29, 0.717) is 25.4 Å². The fraction of sp³-hybridized carbons (Fsp3) is 0.444. The number of carboxylic acids is 1. The van der Waals surface area contributed by atoms with Gasteiger partial charge in [-0.25, -0.2) is 0 Å². The number of aromatic nitrogens is 1. The lowest BCUT2D eigenvalue weighted by atomic mass is 10.2. The number of fused-ring (bicyclic) bond motifs is 1. The van der Waals surface area contributed by atoms with Crippen molar-refractivity contribution in [2.75, 3.05) is 19.7 Å². The van der Waals surface area contributed by atoms with E-state index in [1.54, 1.807) is 4.90 Å². The Kier molecular flexibility index (Phi) is 4.85. The van der Waals surface area contributed by atoms with Crippen LogP contribution in [-0.4, -0.2) is 52.3 Å². The average molecular weight is 330 g/mol. The average Bonchev–Trinajstić information content (AvgIpc) is 2.93. The van der Waals surface area contributed by atoms with Gasteiger partial charge in [-0.3, -0.25) is 9.59 Å². The maximum absolute atomic E-state index is 13.0. The van der Waals surface area contributed by atoms with Crippen molar-refractivity contribution in [3.8, 4) is 0 Å². The first-order valence-electron chi connectivity index (χ1n) is 8.31. The molecule has 1 aromatic carbocycles. The van der Waals surface area contributed by atoms with E-state index in [1.807, 2.05) is 30.3 Å². The number of aryl methyl sites for hydroxylation is 1. The van der Waals surface area contributed by atoms with E-state index in [9.17, 15) is 9.59 Å². The van der Waals surface area contributed by atoms with Gasteiger partial charge in [-0.15, -0.1) is 0 Å². The predicted octanol–water partition coefficient (Wildman–Crippen LogP) is 2.37. The molecule has 0 spiro atoms. The number of carbonyl (C=O) groups excluding carboxylic acids is 1. The van der Waals surface area contributed by atoms with E-state index < -0.39 is 12.1 Å². The largest absolute Gasteiger partial charge is 0.481 e. The molecule has 128 valence electrons. The van der Waals surface area contributed by atoms with Gasteiger partial charge in [-0.1, -0.05) is 25.1 Å². The van der Waals surface area contributed by atoms with Crippen molar-refractivity contribution in [1.82, 2.24) is 9.47 Å². The molecule has 0 saturated carbocycles. The van der Waals surface area contributed by atoms with Crippen LogP contribution >= 0.6 is 0 Å². The highest BCUT2D eigenvalue weighted by molar-refractivity contribution is 5.98. The second kappa shape index (κ2) is 7.05. The number of carboxylic acid groups (broad SMARTS) is 1. The van der Waals surface area contributed by atoms with Crippen LogP contribution in [0.1, 0.15) is 30.3 Å². The highest BCUT2D eigenvalue weighted by atomic mass is 16.5. The molecule has 1 aliphatic rings. The molecule has 1 unspecified atom stereocenters. The highest BCUT2D eigenvalue weighted by Gasteiger charge is 2.28. The quantitative estimate of drug-likeness (QED) is 0.913. The molecule has 0 bridgehead atoms. The highest BCUT2D eigenvalue weighted by Crippen LogP contribution is 2.22. The Morgan fingerprint density at radius 1 is 1.33 bits per heavy atom. The van der Waals surface area contributed by atoms with Gasteiger partial charge in [-0.05, 0) is 18.6 Å². The summed E-state index contributed by atoms with van der Waals surface area (Å²) in [5.74, 6) is -0.965. The van der Waals surface area contributed by atoms with Crippen LogP contribution < -0.4 is 0 Å². The normalized spacial score (nSPS) is 18.0. The summed E-state index contributed by atoms with van der Waals surface area (Å²) in [6, 6.07) is 9.89. The van der Waals surface area contributed by atoms with Gasteiger partial charge in [0.15, 0.2) is 0 Å². The number of rotatable bonds is 5. The molecule has 1 aromatic heterocycles. The third kappa shape index (κ3) is 3.28. The van der Waals surface area contributed by atoms with Gasteiger partial charge in [-0.2, -0.15) is 0 Å². The number of ether oxygens (including phenoxy) is 1. The van der Waals surface area contributed by atoms with E-state index in [0.717, 1.165) is 23.9 Å². The minimum atomic E-state index is -0.908. The zero-order chi connectivity index (χ0) is 17.1. The number of para-hydroxylation sites is 1. The molecule has 2 heterocycles. The number of morpholine rings is 1. The van der Waals surface area contributed by atoms with E-state index in [-0.39, 0.29) is 12.3 Å². The summed E-state index contributed by atoms with van der Waals surface area (Å²) in [6.45, 7) is 4.04. The van der Waals surface area contributed by atoms with Crippen molar-refractivity contribution >= 4 is 22.8 Å². The number of hydrogen-bond acceptors (Lipinski definition) is 3. The Hall–Kier alpha value is -2.34. The minimum absolute atomic E-state index is 0.0571. The van der Waals surface area contributed by atoms with Crippen molar-refractivity contribution in [2.24, 2.45) is 0 Å². The summed E-state index contributed by atoms with van der Waals surface area (Å²) >= 11 is 0. The smallest absolute Gasteiger partial charge is 0.306 e. The lowest BCUT2D eigenvalue weighted by Crippen LogP contribution is -2.46. The van der Waals surface area contributed by atoms with Crippen molar-refractivity contribution in [2.45, 2.75) is 32.4 Å². The van der Waals surface area contributed by atoms with Gasteiger partial charge < -0.3 is 19.3 Å². The Balaban J connectivity index is 1.87. The van der Waals surface area contributed by atoms with Crippen LogP contribution in [0.4, 0.5) is 0 Å². The molecule has 24 heavy (non-hydrogen) atoms. The van der Waals surface area contributed by atoms with Crippen LogP contribution in [0.2, 0.25) is 0 Å². The van der Waals surface area contributed by atoms with E-state index in [1.165, 1.54) is 0 Å². The second-order valence-corrected chi connectivity index (χ2v) is 6.08. The second-order valence-electron chi connectivity index (χ2n) is 6.08. The zero-order valence-corrected chi connectivity index (χ0v) is 13.8. The number of hydrogen-bond donors (Lipinski definition) is 1. The van der Waals surface area contributed by atoms with E-state index in [4.69, 9.17) is 9.84 Å². The molecule has 1 aliphatic heterocycles. The minimum Gasteiger partial charge on any atom is -0.481 e. The maximum atomic E-state index is 13.0. The first-order valence-corrected chi connectivity index (χ1v) is 8.31. The van der Waals surface area contributed by atoms with E-state index in [2.05, 4.69) is 11.5 Å². The first-order chi connectivity index (χ1) is 11.6. The summed E-state index contributed by atoms with van der Waals surface area (Å²) in [5.41, 5.74) is 1.71. The third-order valence-electron chi connectivity index (χ3n) is 4.31. The Morgan fingerprint density at radius 3 is 2.88 bits per heavy atom. The van der Waals surface area contributed by atoms with Crippen LogP contribution in [0.5, 0.6) is 0 Å². The van der Waals surface area contributed by atoms with Crippen LogP contribution in [-0.2, 0) is 16.1 Å². The van der Waals surface area contributed by atoms with Crippen LogP contribution in [0.15, 0.2) is 30.3 Å². The van der Waals surface area contributed by atoms with Crippen molar-refractivity contribution < 1.29 is 19.4 Å². The molecule has 2 aromatic rings. The summed E-state index contributed by atoms with van der Waals surface area (Å²) in [6.07, 6.45) is 0.412. The predicted molar refractivity (Wildman–Crippen MR) is 90.1 cm³/mol. The molecular weight excluding hydrogens is 308 g/mol. The fourth-order valence-electron chi connectivity index (χ4n) is 3.24. The summed E-state index contributed by atoms with van der Waals surface area (Å²) in [4.78, 5) is 25.6. The molecule has 6 nitrogen and oxygen atoms in total. The standard InChI is InChI=1S/C18H22N2O4/c1-2-7-20-15-6-4-3-5-13(15)10-16(20)18(23)19-8-9-24-14(12-19)11-17(21)22/h3-6,10,14H,2,7-9,11-12H2,1H3,(H,21,22). The number of amides is 1. The van der Waals surface area contributed by atoms with Crippen LogP contribution in [0, 0.1) is 0 Å². The summed E-state index contributed by atoms with van der Waals surface area (Å²) in [5, 5.41) is 9.98. The van der Waals surface area contributed by atoms with Gasteiger partial charge >= 0.3 is 5.97 Å². The number of nitrogens with zero attached hydrogens (tertiary/aromatic N) is 2. The molecule has 6 heteroatoms. The summed E-state index contributed by atoms with van der Waals surface area (Å²) in [7, 11) is 0. The molecule has 1 saturated heterocycles. The molecule has 1 atom stereocenters. The Bertz CT molecular complexity index is 753. The lowest BCUT2D eigenvalue weighted by molar-refractivity contribution is -0.141. The molecule has 1 amide bonds. The van der Waals surface area contributed by atoms with Gasteiger partial charge in [0, 0.05) is 30.5 Å². The third-order valence-corrected chi connectivity index (χ3v) is 4.31. The monoisotopic (exact) mass is 330 g/mol. The SMILES string of the molecule is CCCn1c(C(=O)N2CCOC(CC(=O)O)C2)cc2ccccc21. The van der Waals surface area contributed by atoms with Gasteiger partial charge in [0.1, 0.15) is 5.69 Å². The Morgan fingerprint density at radius 2 is 2.12 bits per heavy atom. The van der Waals surface area contributed by atoms with Gasteiger partial charge in [0.25, 0.3) is 5.91 Å². The van der Waals surface area contributed by atoms with Crippen molar-refractivity contribution in [1.29, 1.82) is 0 Å². The number of benzene rings is 1. The molecule has 1 N–H and O–H groups in total. The molecule has 3 rings (SSSR count). The molecule has 1 fully saturated rings. The molecule has 0 radical (unpaired) electrons. The van der Waals surface area contributed by atoms with E-state index >= 15 is 0 Å². The number of carbonyl (C=O) groups is 2. The topological polar surface area (TPSA) is 71.8 Å². The first kappa shape index (κ1) is 16.5. The molecule has 0 aliphatic carbocycles. The van der Waals surface area contributed by atoms with Gasteiger partial charge in [0.2, 0.25) is 0 Å². The zero-order valence-electron chi connectivity index (χ0n) is 13.8. The maximum Gasteiger partial charge on any atom is 0.306 e. The van der Waals surface area contributed by atoms with Crippen LogP contribution in [0.25, 0.3) is 10.9 Å². The number of aliphatic carboxylic acids is 1. The lowest BCUT2D eigenvalue weighted by Gasteiger charge is -2.32. The van der Waals surface area contributed by atoms with Crippen molar-refractivity contribution in [3.63, 3.8) is 0 Å².